The van der Waals surface area contributed by atoms with E-state index in [1.54, 1.807) is 0 Å². The average molecular weight is 404 g/mol. The predicted molar refractivity (Wildman–Crippen MR) is 83.4 cm³/mol. The number of anilines is 1. The molecule has 0 radical (unpaired) electrons. The number of carbonyl (C=O) groups is 2. The zero-order chi connectivity index (χ0) is 17.0. The van der Waals surface area contributed by atoms with E-state index in [2.05, 4.69) is 21.2 Å². The minimum absolute atomic E-state index is 0.0848. The maximum Gasteiger partial charge on any atom is 0.374 e. The quantitative estimate of drug-likeness (QED) is 0.465. The molecular weight excluding hydrogens is 396 g/mol. The molecule has 0 saturated heterocycles. The van der Waals surface area contributed by atoms with Gasteiger partial charge in [-0.2, -0.15) is 0 Å². The number of ether oxygens (including phenoxy) is 1. The second-order valence-electron chi connectivity index (χ2n) is 4.15. The molecule has 0 saturated carbocycles. The van der Waals surface area contributed by atoms with Crippen LogP contribution in [0.2, 0.25) is 5.02 Å². The van der Waals surface area contributed by atoms with Crippen LogP contribution in [0, 0.1) is 10.1 Å². The Morgan fingerprint density at radius 2 is 2.09 bits per heavy atom. The van der Waals surface area contributed by atoms with Gasteiger partial charge >= 0.3 is 5.97 Å². The van der Waals surface area contributed by atoms with Gasteiger partial charge in [-0.05, 0) is 40.2 Å². The highest BCUT2D eigenvalue weighted by atomic mass is 79.9. The fourth-order valence-corrected chi connectivity index (χ4v) is 2.06. The van der Waals surface area contributed by atoms with Crippen LogP contribution in [-0.2, 0) is 9.53 Å². The Morgan fingerprint density at radius 1 is 1.35 bits per heavy atom. The van der Waals surface area contributed by atoms with Crippen molar-refractivity contribution in [3.8, 4) is 0 Å². The third-order valence-electron chi connectivity index (χ3n) is 2.54. The van der Waals surface area contributed by atoms with E-state index < -0.39 is 23.4 Å². The average Bonchev–Trinajstić information content (AvgIpc) is 2.91. The molecule has 1 aromatic carbocycles. The summed E-state index contributed by atoms with van der Waals surface area (Å²) in [6.07, 6.45) is 0. The van der Waals surface area contributed by atoms with Crippen LogP contribution in [-0.4, -0.2) is 23.4 Å². The highest BCUT2D eigenvalue weighted by molar-refractivity contribution is 9.10. The van der Waals surface area contributed by atoms with E-state index in [0.29, 0.717) is 4.67 Å². The van der Waals surface area contributed by atoms with Gasteiger partial charge in [0.1, 0.15) is 5.69 Å². The monoisotopic (exact) mass is 402 g/mol. The number of nitrogens with one attached hydrogen (secondary N) is 1. The molecule has 1 N–H and O–H groups in total. The number of nitro benzene ring substituents is 1. The van der Waals surface area contributed by atoms with E-state index in [-0.39, 0.29) is 22.2 Å². The summed E-state index contributed by atoms with van der Waals surface area (Å²) in [7, 11) is 0. The molecule has 0 fully saturated rings. The Morgan fingerprint density at radius 3 is 2.70 bits per heavy atom. The van der Waals surface area contributed by atoms with Gasteiger partial charge in [-0.15, -0.1) is 0 Å². The molecule has 10 heteroatoms. The minimum atomic E-state index is -0.841. The number of nitro groups is 1. The predicted octanol–water partition coefficient (Wildman–Crippen LogP) is 3.40. The second-order valence-corrected chi connectivity index (χ2v) is 5.36. The number of esters is 1. The lowest BCUT2D eigenvalue weighted by atomic mass is 10.2. The van der Waals surface area contributed by atoms with Gasteiger partial charge in [0.15, 0.2) is 11.3 Å². The zero-order valence-corrected chi connectivity index (χ0v) is 13.6. The van der Waals surface area contributed by atoms with Gasteiger partial charge in [-0.1, -0.05) is 11.6 Å². The fraction of sp³-hybridized carbons (Fsp3) is 0.0769. The van der Waals surface area contributed by atoms with Crippen LogP contribution in [0.25, 0.3) is 0 Å². The van der Waals surface area contributed by atoms with Crippen LogP contribution < -0.4 is 5.32 Å². The number of benzene rings is 1. The molecule has 1 heterocycles. The van der Waals surface area contributed by atoms with Crippen molar-refractivity contribution in [3.05, 3.63) is 55.9 Å². The van der Waals surface area contributed by atoms with Crippen molar-refractivity contribution in [1.82, 2.24) is 0 Å². The first-order chi connectivity index (χ1) is 10.9. The lowest BCUT2D eigenvalue weighted by molar-refractivity contribution is -0.383. The summed E-state index contributed by atoms with van der Waals surface area (Å²) in [5, 5.41) is 13.4. The normalized spacial score (nSPS) is 10.2. The third kappa shape index (κ3) is 4.54. The molecule has 1 aromatic heterocycles. The van der Waals surface area contributed by atoms with Gasteiger partial charge in [0.05, 0.1) is 4.92 Å². The molecule has 0 unspecified atom stereocenters. The molecule has 0 spiro atoms. The summed E-state index contributed by atoms with van der Waals surface area (Å²) in [6.45, 7) is -0.638. The maximum absolute atomic E-state index is 11.7. The van der Waals surface area contributed by atoms with Gasteiger partial charge in [-0.3, -0.25) is 14.9 Å². The van der Waals surface area contributed by atoms with Crippen molar-refractivity contribution in [2.45, 2.75) is 0 Å². The van der Waals surface area contributed by atoms with Crippen molar-refractivity contribution in [1.29, 1.82) is 0 Å². The summed E-state index contributed by atoms with van der Waals surface area (Å²) >= 11 is 8.76. The summed E-state index contributed by atoms with van der Waals surface area (Å²) in [5.74, 6) is -1.68. The lowest BCUT2D eigenvalue weighted by Crippen LogP contribution is -2.21. The molecule has 2 rings (SSSR count). The Labute approximate surface area is 142 Å². The number of rotatable bonds is 5. The molecule has 0 atom stereocenters. The lowest BCUT2D eigenvalue weighted by Gasteiger charge is -2.06. The van der Waals surface area contributed by atoms with Gasteiger partial charge in [0, 0.05) is 11.1 Å². The molecule has 120 valence electrons. The van der Waals surface area contributed by atoms with Crippen molar-refractivity contribution >= 4 is 50.8 Å². The standard InChI is InChI=1S/C13H8BrClN2O6/c14-11-4-3-10(23-11)13(19)22-6-12(18)16-8-5-7(15)1-2-9(8)17(20)21/h1-5H,6H2,(H,16,18). The number of furan rings is 1. The van der Waals surface area contributed by atoms with Gasteiger partial charge in [0.2, 0.25) is 5.76 Å². The fourth-order valence-electron chi connectivity index (χ4n) is 1.58. The highest BCUT2D eigenvalue weighted by Crippen LogP contribution is 2.27. The van der Waals surface area contributed by atoms with E-state index in [1.807, 2.05) is 0 Å². The first-order valence-corrected chi connectivity index (χ1v) is 7.20. The molecule has 8 nitrogen and oxygen atoms in total. The smallest absolute Gasteiger partial charge is 0.374 e. The van der Waals surface area contributed by atoms with E-state index >= 15 is 0 Å². The van der Waals surface area contributed by atoms with Crippen LogP contribution in [0.5, 0.6) is 0 Å². The topological polar surface area (TPSA) is 112 Å². The largest absolute Gasteiger partial charge is 0.450 e. The number of amides is 1. The van der Waals surface area contributed by atoms with Crippen molar-refractivity contribution in [2.24, 2.45) is 0 Å². The Bertz CT molecular complexity index is 776. The van der Waals surface area contributed by atoms with E-state index in [9.17, 15) is 19.7 Å². The molecule has 23 heavy (non-hydrogen) atoms. The zero-order valence-electron chi connectivity index (χ0n) is 11.2. The van der Waals surface area contributed by atoms with Gasteiger partial charge < -0.3 is 14.5 Å². The van der Waals surface area contributed by atoms with E-state index in [1.165, 1.54) is 24.3 Å². The first-order valence-electron chi connectivity index (χ1n) is 6.03. The highest BCUT2D eigenvalue weighted by Gasteiger charge is 2.18. The number of nitrogens with zero attached hydrogens (tertiary/aromatic N) is 1. The molecule has 0 aliphatic heterocycles. The van der Waals surface area contributed by atoms with E-state index in [4.69, 9.17) is 20.8 Å². The number of hydrogen-bond acceptors (Lipinski definition) is 6. The Balaban J connectivity index is 1.99. The maximum atomic E-state index is 11.7. The SMILES string of the molecule is O=C(COC(=O)c1ccc(Br)o1)Nc1cc(Cl)ccc1[N+](=O)[O-]. The third-order valence-corrected chi connectivity index (χ3v) is 3.20. The van der Waals surface area contributed by atoms with Gasteiger partial charge in [0.25, 0.3) is 11.6 Å². The summed E-state index contributed by atoms with van der Waals surface area (Å²) in [4.78, 5) is 33.6. The second kappa shape index (κ2) is 7.25. The molecule has 0 bridgehead atoms. The summed E-state index contributed by atoms with van der Waals surface area (Å²) < 4.78 is 10.0. The van der Waals surface area contributed by atoms with Crippen LogP contribution in [0.4, 0.5) is 11.4 Å². The minimum Gasteiger partial charge on any atom is -0.450 e. The van der Waals surface area contributed by atoms with Crippen molar-refractivity contribution in [3.63, 3.8) is 0 Å². The number of hydrogen-bond donors (Lipinski definition) is 1. The summed E-state index contributed by atoms with van der Waals surface area (Å²) in [5.41, 5.74) is -0.423. The van der Waals surface area contributed by atoms with Crippen LogP contribution in [0.1, 0.15) is 10.6 Å². The van der Waals surface area contributed by atoms with E-state index in [0.717, 1.165) is 6.07 Å². The van der Waals surface area contributed by atoms with Crippen LogP contribution >= 0.6 is 27.5 Å². The van der Waals surface area contributed by atoms with Crippen LogP contribution in [0.3, 0.4) is 0 Å². The molecule has 0 aliphatic carbocycles. The summed E-state index contributed by atoms with van der Waals surface area (Å²) in [6, 6.07) is 6.57. The Hall–Kier alpha value is -2.39. The Kier molecular flexibility index (Phi) is 5.35. The molecular formula is C13H8BrClN2O6. The van der Waals surface area contributed by atoms with Crippen LogP contribution in [0.15, 0.2) is 39.4 Å². The van der Waals surface area contributed by atoms with Crippen molar-refractivity contribution in [2.75, 3.05) is 11.9 Å². The molecule has 0 aliphatic rings. The molecule has 2 aromatic rings. The van der Waals surface area contributed by atoms with Gasteiger partial charge in [-0.25, -0.2) is 4.79 Å². The number of carbonyl (C=O) groups excluding carboxylic acids is 2. The molecule has 1 amide bonds. The van der Waals surface area contributed by atoms with Crippen molar-refractivity contribution < 1.29 is 23.7 Å². The number of halogens is 2. The first kappa shape index (κ1) is 17.0.